The van der Waals surface area contributed by atoms with Crippen molar-refractivity contribution in [3.63, 3.8) is 0 Å². The predicted octanol–water partition coefficient (Wildman–Crippen LogP) is 5.04. The zero-order valence-corrected chi connectivity index (χ0v) is 15.4. The molecule has 0 N–H and O–H groups in total. The van der Waals surface area contributed by atoms with Gasteiger partial charge in [-0.05, 0) is 31.4 Å². The summed E-state index contributed by atoms with van der Waals surface area (Å²) in [5.41, 5.74) is 0.667. The largest absolute Gasteiger partial charge is 0.371 e. The third-order valence-electron chi connectivity index (χ3n) is 4.43. The number of para-hydroxylation sites is 1. The summed E-state index contributed by atoms with van der Waals surface area (Å²) in [7, 11) is 1.90. The Hall–Kier alpha value is -3.23. The summed E-state index contributed by atoms with van der Waals surface area (Å²) in [5.74, 6) is -13.1. The van der Waals surface area contributed by atoms with Crippen LogP contribution in [-0.2, 0) is 18.3 Å². The molecule has 1 aromatic heterocycles. The predicted molar refractivity (Wildman–Crippen MR) is 96.0 cm³/mol. The molecule has 9 heteroatoms. The molecule has 0 unspecified atom stereocenters. The van der Waals surface area contributed by atoms with E-state index in [1.807, 2.05) is 42.1 Å². The second kappa shape index (κ2) is 8.02. The molecule has 0 bridgehead atoms. The number of nitrogens with zero attached hydrogens (tertiary/aromatic N) is 2. The number of fused-ring (bicyclic) bond motifs is 1. The van der Waals surface area contributed by atoms with Gasteiger partial charge in [0.25, 0.3) is 0 Å². The molecular weight excluding hydrogens is 395 g/mol. The Morgan fingerprint density at radius 2 is 1.59 bits per heavy atom. The molecule has 29 heavy (non-hydrogen) atoms. The molecule has 0 spiro atoms. The first-order chi connectivity index (χ1) is 13.7. The van der Waals surface area contributed by atoms with Crippen molar-refractivity contribution in [2.75, 3.05) is 0 Å². The molecular formula is C20H15F5N2O2. The van der Waals surface area contributed by atoms with Crippen LogP contribution in [0.2, 0.25) is 0 Å². The highest BCUT2D eigenvalue weighted by Crippen LogP contribution is 2.24. The lowest BCUT2D eigenvalue weighted by atomic mass is 10.1. The molecule has 0 aliphatic carbocycles. The van der Waals surface area contributed by atoms with E-state index in [4.69, 9.17) is 0 Å². The molecule has 0 aliphatic rings. The van der Waals surface area contributed by atoms with Gasteiger partial charge in [-0.25, -0.2) is 26.7 Å². The van der Waals surface area contributed by atoms with E-state index in [-0.39, 0.29) is 0 Å². The quantitative estimate of drug-likeness (QED) is 0.148. The third kappa shape index (κ3) is 3.85. The lowest BCUT2D eigenvalue weighted by molar-refractivity contribution is 0.0500. The van der Waals surface area contributed by atoms with Crippen molar-refractivity contribution in [2.24, 2.45) is 12.2 Å². The molecule has 3 aromatic rings. The number of halogens is 5. The van der Waals surface area contributed by atoms with Gasteiger partial charge in [0.05, 0.1) is 5.71 Å². The topological polar surface area (TPSA) is 43.6 Å². The van der Waals surface area contributed by atoms with Crippen molar-refractivity contribution in [1.29, 1.82) is 0 Å². The van der Waals surface area contributed by atoms with Crippen molar-refractivity contribution in [1.82, 2.24) is 4.57 Å². The minimum absolute atomic E-state index is 0.301. The molecule has 3 rings (SSSR count). The minimum Gasteiger partial charge on any atom is -0.350 e. The van der Waals surface area contributed by atoms with Crippen LogP contribution in [0.5, 0.6) is 0 Å². The van der Waals surface area contributed by atoms with Crippen LogP contribution in [0, 0.1) is 29.1 Å². The van der Waals surface area contributed by atoms with Crippen molar-refractivity contribution in [2.45, 2.75) is 19.8 Å². The maximum absolute atomic E-state index is 13.6. The Bertz CT molecular complexity index is 1110. The number of benzene rings is 2. The molecule has 2 aromatic carbocycles. The summed E-state index contributed by atoms with van der Waals surface area (Å²) in [6.07, 6.45) is 2.83. The van der Waals surface area contributed by atoms with Crippen LogP contribution in [0.1, 0.15) is 29.3 Å². The molecule has 0 atom stereocenters. The average molecular weight is 410 g/mol. The first-order valence-electron chi connectivity index (χ1n) is 8.51. The van der Waals surface area contributed by atoms with Crippen LogP contribution < -0.4 is 0 Å². The Kier molecular flexibility index (Phi) is 5.67. The monoisotopic (exact) mass is 410 g/mol. The summed E-state index contributed by atoms with van der Waals surface area (Å²) < 4.78 is 68.6. The highest BCUT2D eigenvalue weighted by molar-refractivity contribution is 5.91. The number of aromatic nitrogens is 1. The Balaban J connectivity index is 1.73. The fourth-order valence-corrected chi connectivity index (χ4v) is 2.94. The number of oxime groups is 1. The zero-order valence-electron chi connectivity index (χ0n) is 15.4. The van der Waals surface area contributed by atoms with E-state index in [1.54, 1.807) is 0 Å². The Morgan fingerprint density at radius 1 is 1.00 bits per heavy atom. The van der Waals surface area contributed by atoms with E-state index in [2.05, 4.69) is 9.99 Å². The number of aryl methyl sites for hydroxylation is 2. The third-order valence-corrected chi connectivity index (χ3v) is 4.43. The maximum Gasteiger partial charge on any atom is 0.371 e. The molecule has 0 radical (unpaired) electrons. The van der Waals surface area contributed by atoms with Gasteiger partial charge in [-0.1, -0.05) is 23.4 Å². The van der Waals surface area contributed by atoms with Gasteiger partial charge in [0.15, 0.2) is 23.3 Å². The number of carbonyl (C=O) groups is 1. The van der Waals surface area contributed by atoms with Gasteiger partial charge in [-0.3, -0.25) is 0 Å². The molecule has 0 saturated heterocycles. The lowest BCUT2D eigenvalue weighted by Gasteiger charge is -2.06. The summed E-state index contributed by atoms with van der Waals surface area (Å²) in [6.45, 7) is 1.51. The summed E-state index contributed by atoms with van der Waals surface area (Å²) in [4.78, 5) is 16.2. The molecule has 152 valence electrons. The summed E-state index contributed by atoms with van der Waals surface area (Å²) >= 11 is 0. The lowest BCUT2D eigenvalue weighted by Crippen LogP contribution is -2.14. The van der Waals surface area contributed by atoms with Crippen LogP contribution in [-0.4, -0.2) is 16.2 Å². The number of carbonyl (C=O) groups excluding carboxylic acids is 1. The standard InChI is InChI=1S/C20H15F5N2O2/c1-10(7-8-11-9-27(2)13-6-4-3-5-12(11)13)26-29-20(28)14-15(21)17(23)19(25)18(24)16(14)22/h3-6,9H,7-8H2,1-2H3/b26-10+. The van der Waals surface area contributed by atoms with Crippen LogP contribution in [0.3, 0.4) is 0 Å². The molecule has 0 aliphatic heterocycles. The van der Waals surface area contributed by atoms with Gasteiger partial charge in [0, 0.05) is 24.1 Å². The summed E-state index contributed by atoms with van der Waals surface area (Å²) in [5, 5.41) is 4.50. The highest BCUT2D eigenvalue weighted by Gasteiger charge is 2.31. The molecule has 0 saturated carbocycles. The van der Waals surface area contributed by atoms with Gasteiger partial charge >= 0.3 is 5.97 Å². The van der Waals surface area contributed by atoms with Gasteiger partial charge in [0.1, 0.15) is 5.56 Å². The zero-order chi connectivity index (χ0) is 21.3. The second-order valence-corrected chi connectivity index (χ2v) is 6.43. The van der Waals surface area contributed by atoms with Gasteiger partial charge < -0.3 is 9.40 Å². The van der Waals surface area contributed by atoms with Crippen molar-refractivity contribution < 1.29 is 31.6 Å². The highest BCUT2D eigenvalue weighted by atomic mass is 19.2. The average Bonchev–Trinajstić information content (AvgIpc) is 3.04. The number of rotatable bonds is 5. The molecule has 0 amide bonds. The van der Waals surface area contributed by atoms with Crippen molar-refractivity contribution in [3.05, 3.63) is 70.7 Å². The van der Waals surface area contributed by atoms with E-state index in [9.17, 15) is 26.7 Å². The first-order valence-corrected chi connectivity index (χ1v) is 8.51. The van der Waals surface area contributed by atoms with Gasteiger partial charge in [-0.2, -0.15) is 0 Å². The van der Waals surface area contributed by atoms with Crippen molar-refractivity contribution in [3.8, 4) is 0 Å². The molecule has 1 heterocycles. The Labute approximate surface area is 162 Å². The van der Waals surface area contributed by atoms with Crippen LogP contribution in [0.4, 0.5) is 22.0 Å². The summed E-state index contributed by atoms with van der Waals surface area (Å²) in [6, 6.07) is 7.74. The first kappa shape index (κ1) is 20.5. The smallest absolute Gasteiger partial charge is 0.350 e. The fourth-order valence-electron chi connectivity index (χ4n) is 2.94. The fraction of sp³-hybridized carbons (Fsp3) is 0.200. The SMILES string of the molecule is C/C(CCc1cn(C)c2ccccc12)=N\OC(=O)c1c(F)c(F)c(F)c(F)c1F. The minimum atomic E-state index is -2.36. The van der Waals surface area contributed by atoms with Crippen LogP contribution >= 0.6 is 0 Å². The molecule has 4 nitrogen and oxygen atoms in total. The van der Waals surface area contributed by atoms with Crippen LogP contribution in [0.25, 0.3) is 10.9 Å². The number of hydrogen-bond acceptors (Lipinski definition) is 3. The number of hydrogen-bond donors (Lipinski definition) is 0. The van der Waals surface area contributed by atoms with E-state index in [1.165, 1.54) is 6.92 Å². The maximum atomic E-state index is 13.6. The Morgan fingerprint density at radius 3 is 2.24 bits per heavy atom. The van der Waals surface area contributed by atoms with Gasteiger partial charge in [-0.15, -0.1) is 0 Å². The van der Waals surface area contributed by atoms with Crippen LogP contribution in [0.15, 0.2) is 35.6 Å². The normalized spacial score (nSPS) is 11.9. The van der Waals surface area contributed by atoms with Crippen molar-refractivity contribution >= 4 is 22.6 Å². The van der Waals surface area contributed by atoms with E-state index in [0.29, 0.717) is 18.6 Å². The van der Waals surface area contributed by atoms with E-state index in [0.717, 1.165) is 16.5 Å². The molecule has 0 fully saturated rings. The van der Waals surface area contributed by atoms with E-state index >= 15 is 0 Å². The van der Waals surface area contributed by atoms with E-state index < -0.39 is 40.6 Å². The van der Waals surface area contributed by atoms with Gasteiger partial charge in [0.2, 0.25) is 5.82 Å². The second-order valence-electron chi connectivity index (χ2n) is 6.43.